The van der Waals surface area contributed by atoms with Crippen LogP contribution in [0.25, 0.3) is 0 Å². The second kappa shape index (κ2) is 15.2. The summed E-state index contributed by atoms with van der Waals surface area (Å²) in [5, 5.41) is 21.3. The predicted molar refractivity (Wildman–Crippen MR) is 154 cm³/mol. The molecule has 0 aliphatic rings. The number of hydrogen-bond donors (Lipinski definition) is 4. The van der Waals surface area contributed by atoms with Crippen LogP contribution in [-0.2, 0) is 30.8 Å². The minimum atomic E-state index is -4.14. The standard InChI is InChI=1S/C29H31ClN2O9S/c1-2-3-4-17-31-27(33)25(18-19-5-9-23(10-6-19)41-26(28(34)35)29(36)37)32-42(38,39)24-15-13-22(14-16-24)40-21-11-7-20(30)8-12-21/h5-16,25-26,32H,2-4,17-18H2,1H3,(H,31,33)(H,34,35)(H,36,37)/t25-/m0/s1. The summed E-state index contributed by atoms with van der Waals surface area (Å²) < 4.78 is 39.7. The Hall–Kier alpha value is -4.13. The zero-order valence-corrected chi connectivity index (χ0v) is 24.2. The molecule has 3 aromatic rings. The molecule has 0 aliphatic heterocycles. The maximum atomic E-state index is 13.2. The summed E-state index contributed by atoms with van der Waals surface area (Å²) in [5.41, 5.74) is 0.521. The van der Waals surface area contributed by atoms with Gasteiger partial charge in [0.05, 0.1) is 4.90 Å². The zero-order chi connectivity index (χ0) is 30.7. The third-order valence-corrected chi connectivity index (χ3v) is 7.68. The van der Waals surface area contributed by atoms with Crippen molar-refractivity contribution >= 4 is 39.5 Å². The van der Waals surface area contributed by atoms with Gasteiger partial charge in [-0.3, -0.25) is 4.79 Å². The first-order valence-electron chi connectivity index (χ1n) is 13.0. The minimum Gasteiger partial charge on any atom is -0.478 e. The molecular weight excluding hydrogens is 588 g/mol. The third kappa shape index (κ3) is 9.75. The number of sulfonamides is 1. The number of amides is 1. The average molecular weight is 619 g/mol. The maximum absolute atomic E-state index is 13.2. The maximum Gasteiger partial charge on any atom is 0.356 e. The van der Waals surface area contributed by atoms with Crippen molar-refractivity contribution in [1.82, 2.24) is 10.0 Å². The van der Waals surface area contributed by atoms with Crippen molar-refractivity contribution in [2.75, 3.05) is 6.54 Å². The number of carbonyl (C=O) groups excluding carboxylic acids is 1. The van der Waals surface area contributed by atoms with E-state index in [2.05, 4.69) is 10.0 Å². The van der Waals surface area contributed by atoms with Gasteiger partial charge in [-0.25, -0.2) is 18.0 Å². The predicted octanol–water partition coefficient (Wildman–Crippen LogP) is 4.24. The van der Waals surface area contributed by atoms with Gasteiger partial charge < -0.3 is 25.0 Å². The molecule has 0 aliphatic carbocycles. The number of aliphatic carboxylic acids is 2. The van der Waals surface area contributed by atoms with Crippen molar-refractivity contribution in [2.24, 2.45) is 0 Å². The normalized spacial score (nSPS) is 12.0. The highest BCUT2D eigenvalue weighted by molar-refractivity contribution is 7.89. The Morgan fingerprint density at radius 3 is 1.93 bits per heavy atom. The van der Waals surface area contributed by atoms with Crippen LogP contribution in [0.1, 0.15) is 31.7 Å². The lowest BCUT2D eigenvalue weighted by Crippen LogP contribution is -2.48. The van der Waals surface area contributed by atoms with Crippen LogP contribution in [-0.4, -0.2) is 55.2 Å². The van der Waals surface area contributed by atoms with E-state index < -0.39 is 40.0 Å². The lowest BCUT2D eigenvalue weighted by Gasteiger charge is -2.19. The summed E-state index contributed by atoms with van der Waals surface area (Å²) in [5.74, 6) is -2.94. The molecule has 11 nitrogen and oxygen atoms in total. The Labute approximate surface area is 248 Å². The molecule has 0 fully saturated rings. The Morgan fingerprint density at radius 1 is 0.833 bits per heavy atom. The molecule has 224 valence electrons. The number of halogens is 1. The van der Waals surface area contributed by atoms with Gasteiger partial charge in [-0.1, -0.05) is 43.5 Å². The number of ether oxygens (including phenoxy) is 2. The van der Waals surface area contributed by atoms with E-state index in [1.807, 2.05) is 6.92 Å². The number of unbranched alkanes of at least 4 members (excludes halogenated alkanes) is 2. The second-order valence-electron chi connectivity index (χ2n) is 9.22. The molecule has 1 atom stereocenters. The fourth-order valence-corrected chi connectivity index (χ4v) is 5.08. The van der Waals surface area contributed by atoms with Gasteiger partial charge in [0, 0.05) is 11.6 Å². The number of carboxylic acid groups (broad SMARTS) is 2. The minimum absolute atomic E-state index is 0.0180. The van der Waals surface area contributed by atoms with Crippen LogP contribution in [0.5, 0.6) is 17.2 Å². The first-order chi connectivity index (χ1) is 20.0. The Morgan fingerprint density at radius 2 is 1.38 bits per heavy atom. The molecule has 0 aromatic heterocycles. The molecular formula is C29H31ClN2O9S. The summed E-state index contributed by atoms with van der Waals surface area (Å²) in [4.78, 5) is 35.2. The zero-order valence-electron chi connectivity index (χ0n) is 22.7. The average Bonchev–Trinajstić information content (AvgIpc) is 2.95. The van der Waals surface area contributed by atoms with E-state index in [1.54, 1.807) is 24.3 Å². The van der Waals surface area contributed by atoms with E-state index in [-0.39, 0.29) is 17.1 Å². The van der Waals surface area contributed by atoms with Gasteiger partial charge in [-0.15, -0.1) is 0 Å². The molecule has 0 radical (unpaired) electrons. The van der Waals surface area contributed by atoms with Crippen LogP contribution in [0.2, 0.25) is 5.02 Å². The van der Waals surface area contributed by atoms with Gasteiger partial charge in [0.25, 0.3) is 6.10 Å². The number of nitrogens with one attached hydrogen (secondary N) is 2. The first-order valence-corrected chi connectivity index (χ1v) is 14.9. The van der Waals surface area contributed by atoms with Crippen LogP contribution in [0, 0.1) is 0 Å². The number of hydrogen-bond acceptors (Lipinski definition) is 7. The molecule has 0 saturated heterocycles. The largest absolute Gasteiger partial charge is 0.478 e. The summed E-state index contributed by atoms with van der Waals surface area (Å²) in [6, 6.07) is 16.9. The first kappa shape index (κ1) is 32.4. The number of carboxylic acids is 2. The van der Waals surface area contributed by atoms with Crippen LogP contribution >= 0.6 is 11.6 Å². The van der Waals surface area contributed by atoms with E-state index >= 15 is 0 Å². The van der Waals surface area contributed by atoms with Gasteiger partial charge in [0.1, 0.15) is 23.3 Å². The van der Waals surface area contributed by atoms with E-state index in [0.717, 1.165) is 19.3 Å². The molecule has 0 saturated carbocycles. The fraction of sp³-hybridized carbons (Fsp3) is 0.276. The van der Waals surface area contributed by atoms with Crippen molar-refractivity contribution in [2.45, 2.75) is 49.6 Å². The molecule has 42 heavy (non-hydrogen) atoms. The summed E-state index contributed by atoms with van der Waals surface area (Å²) in [7, 11) is -4.14. The molecule has 3 aromatic carbocycles. The number of benzene rings is 3. The highest BCUT2D eigenvalue weighted by atomic mass is 35.5. The van der Waals surface area contributed by atoms with Crippen molar-refractivity contribution < 1.29 is 42.5 Å². The van der Waals surface area contributed by atoms with E-state index in [1.165, 1.54) is 48.5 Å². The summed E-state index contributed by atoms with van der Waals surface area (Å²) in [6.45, 7) is 2.40. The van der Waals surface area contributed by atoms with E-state index in [9.17, 15) is 22.8 Å². The Balaban J connectivity index is 1.75. The van der Waals surface area contributed by atoms with E-state index in [4.69, 9.17) is 31.3 Å². The summed E-state index contributed by atoms with van der Waals surface area (Å²) >= 11 is 5.89. The molecule has 0 heterocycles. The van der Waals surface area contributed by atoms with Crippen molar-refractivity contribution in [3.8, 4) is 17.2 Å². The SMILES string of the molecule is CCCCCNC(=O)[C@H](Cc1ccc(OC(C(=O)O)C(=O)O)cc1)NS(=O)(=O)c1ccc(Oc2ccc(Cl)cc2)cc1. The molecule has 13 heteroatoms. The molecule has 3 rings (SSSR count). The lowest BCUT2D eigenvalue weighted by atomic mass is 10.1. The van der Waals surface area contributed by atoms with Gasteiger partial charge in [0.2, 0.25) is 15.9 Å². The van der Waals surface area contributed by atoms with E-state index in [0.29, 0.717) is 28.6 Å². The van der Waals surface area contributed by atoms with Crippen LogP contribution < -0.4 is 19.5 Å². The molecule has 1 amide bonds. The third-order valence-electron chi connectivity index (χ3n) is 5.94. The molecule has 0 unspecified atom stereocenters. The Bertz CT molecular complexity index is 1450. The van der Waals surface area contributed by atoms with Crippen molar-refractivity contribution in [3.05, 3.63) is 83.4 Å². The molecule has 0 spiro atoms. The van der Waals surface area contributed by atoms with Crippen molar-refractivity contribution in [3.63, 3.8) is 0 Å². The quantitative estimate of drug-likeness (QED) is 0.135. The molecule has 4 N–H and O–H groups in total. The topological polar surface area (TPSA) is 168 Å². The highest BCUT2D eigenvalue weighted by Gasteiger charge is 2.29. The Kier molecular flexibility index (Phi) is 11.7. The highest BCUT2D eigenvalue weighted by Crippen LogP contribution is 2.24. The lowest BCUT2D eigenvalue weighted by molar-refractivity contribution is -0.159. The van der Waals surface area contributed by atoms with Crippen LogP contribution in [0.15, 0.2) is 77.7 Å². The fourth-order valence-electron chi connectivity index (χ4n) is 3.76. The second-order valence-corrected chi connectivity index (χ2v) is 11.4. The van der Waals surface area contributed by atoms with Crippen LogP contribution in [0.4, 0.5) is 0 Å². The van der Waals surface area contributed by atoms with Crippen molar-refractivity contribution in [1.29, 1.82) is 0 Å². The number of carbonyl (C=O) groups is 3. The smallest absolute Gasteiger partial charge is 0.356 e. The van der Waals surface area contributed by atoms with Gasteiger partial charge >= 0.3 is 11.9 Å². The monoisotopic (exact) mass is 618 g/mol. The van der Waals surface area contributed by atoms with Crippen LogP contribution in [0.3, 0.4) is 0 Å². The molecule has 0 bridgehead atoms. The summed E-state index contributed by atoms with van der Waals surface area (Å²) in [6.07, 6.45) is 0.446. The number of rotatable bonds is 16. The van der Waals surface area contributed by atoms with Gasteiger partial charge in [-0.05, 0) is 79.1 Å². The van der Waals surface area contributed by atoms with Gasteiger partial charge in [0.15, 0.2) is 0 Å². The van der Waals surface area contributed by atoms with Gasteiger partial charge in [-0.2, -0.15) is 4.72 Å².